The molecule has 1 aliphatic heterocycles. The first-order valence-electron chi connectivity index (χ1n) is 6.01. The van der Waals surface area contributed by atoms with Crippen molar-refractivity contribution in [2.24, 2.45) is 5.73 Å². The highest BCUT2D eigenvalue weighted by Gasteiger charge is 2.19. The van der Waals surface area contributed by atoms with Gasteiger partial charge in [0.15, 0.2) is 11.5 Å². The Bertz CT molecular complexity index is 407. The monoisotopic (exact) mass is 255 g/mol. The van der Waals surface area contributed by atoms with Crippen LogP contribution in [0.1, 0.15) is 24.0 Å². The summed E-state index contributed by atoms with van der Waals surface area (Å²) in [7, 11) is 0. The van der Waals surface area contributed by atoms with Crippen molar-refractivity contribution in [3.63, 3.8) is 0 Å². The summed E-state index contributed by atoms with van der Waals surface area (Å²) >= 11 is 6.20. The maximum atomic E-state index is 6.20. The van der Waals surface area contributed by atoms with Crippen molar-refractivity contribution in [1.82, 2.24) is 0 Å². The summed E-state index contributed by atoms with van der Waals surface area (Å²) in [6, 6.07) is 1.85. The van der Waals surface area contributed by atoms with E-state index in [0.29, 0.717) is 13.2 Å². The predicted octanol–water partition coefficient (Wildman–Crippen LogP) is 2.70. The van der Waals surface area contributed by atoms with Crippen molar-refractivity contribution in [3.8, 4) is 11.5 Å². The smallest absolute Gasteiger partial charge is 0.164 e. The molecule has 0 saturated carbocycles. The van der Waals surface area contributed by atoms with Crippen molar-refractivity contribution in [2.45, 2.75) is 26.2 Å². The van der Waals surface area contributed by atoms with Gasteiger partial charge in [0, 0.05) is 16.7 Å². The number of unbranched alkanes of at least 4 members (excludes halogenated alkanes) is 1. The van der Waals surface area contributed by atoms with Crippen molar-refractivity contribution in [2.75, 3.05) is 19.8 Å². The SMILES string of the molecule is Cc1c(Cl)cc2c(c1CCCCN)OCCO2. The Balaban J connectivity index is 2.30. The third kappa shape index (κ3) is 2.67. The van der Waals surface area contributed by atoms with Crippen LogP contribution >= 0.6 is 11.6 Å². The Labute approximate surface area is 107 Å². The zero-order valence-electron chi connectivity index (χ0n) is 10.1. The third-order valence-corrected chi connectivity index (χ3v) is 3.43. The van der Waals surface area contributed by atoms with Gasteiger partial charge in [0.2, 0.25) is 0 Å². The molecule has 0 amide bonds. The van der Waals surface area contributed by atoms with Crippen LogP contribution in [0.15, 0.2) is 6.07 Å². The zero-order valence-corrected chi connectivity index (χ0v) is 10.8. The van der Waals surface area contributed by atoms with Crippen LogP contribution in [-0.2, 0) is 6.42 Å². The Kier molecular flexibility index (Phi) is 4.13. The van der Waals surface area contributed by atoms with Crippen molar-refractivity contribution in [3.05, 3.63) is 22.2 Å². The minimum absolute atomic E-state index is 0.592. The molecule has 17 heavy (non-hydrogen) atoms. The first kappa shape index (κ1) is 12.5. The molecular formula is C13H18ClNO2. The fourth-order valence-corrected chi connectivity index (χ4v) is 2.27. The average molecular weight is 256 g/mol. The van der Waals surface area contributed by atoms with E-state index in [1.807, 2.05) is 13.0 Å². The predicted molar refractivity (Wildman–Crippen MR) is 69.2 cm³/mol. The van der Waals surface area contributed by atoms with Gasteiger partial charge < -0.3 is 15.2 Å². The molecule has 0 saturated heterocycles. The number of rotatable bonds is 4. The molecule has 0 unspecified atom stereocenters. The highest BCUT2D eigenvalue weighted by molar-refractivity contribution is 6.31. The van der Waals surface area contributed by atoms with E-state index in [-0.39, 0.29) is 0 Å². The summed E-state index contributed by atoms with van der Waals surface area (Å²) in [6.45, 7) is 3.95. The van der Waals surface area contributed by atoms with E-state index in [0.717, 1.165) is 47.9 Å². The Morgan fingerprint density at radius 3 is 2.82 bits per heavy atom. The summed E-state index contributed by atoms with van der Waals surface area (Å²) in [5.41, 5.74) is 7.77. The number of fused-ring (bicyclic) bond motifs is 1. The van der Waals surface area contributed by atoms with E-state index in [1.54, 1.807) is 0 Å². The molecular weight excluding hydrogens is 238 g/mol. The second-order valence-corrected chi connectivity index (χ2v) is 4.64. The molecule has 0 aliphatic carbocycles. The van der Waals surface area contributed by atoms with Crippen LogP contribution in [0.5, 0.6) is 11.5 Å². The number of nitrogens with two attached hydrogens (primary N) is 1. The van der Waals surface area contributed by atoms with Gasteiger partial charge in [0.25, 0.3) is 0 Å². The highest BCUT2D eigenvalue weighted by Crippen LogP contribution is 2.40. The summed E-state index contributed by atoms with van der Waals surface area (Å²) in [5.74, 6) is 1.64. The van der Waals surface area contributed by atoms with Gasteiger partial charge in [-0.1, -0.05) is 11.6 Å². The molecule has 0 radical (unpaired) electrons. The van der Waals surface area contributed by atoms with Gasteiger partial charge in [0.1, 0.15) is 13.2 Å². The number of halogens is 1. The van der Waals surface area contributed by atoms with Crippen LogP contribution < -0.4 is 15.2 Å². The number of benzene rings is 1. The van der Waals surface area contributed by atoms with E-state index in [2.05, 4.69) is 0 Å². The van der Waals surface area contributed by atoms with Crippen LogP contribution in [0.25, 0.3) is 0 Å². The Morgan fingerprint density at radius 2 is 2.06 bits per heavy atom. The molecule has 2 N–H and O–H groups in total. The van der Waals surface area contributed by atoms with E-state index in [1.165, 1.54) is 5.56 Å². The lowest BCUT2D eigenvalue weighted by Gasteiger charge is -2.23. The Hall–Kier alpha value is -0.930. The fraction of sp³-hybridized carbons (Fsp3) is 0.538. The molecule has 1 aromatic carbocycles. The van der Waals surface area contributed by atoms with Crippen LogP contribution in [0.4, 0.5) is 0 Å². The van der Waals surface area contributed by atoms with Gasteiger partial charge in [-0.05, 0) is 38.3 Å². The third-order valence-electron chi connectivity index (χ3n) is 3.03. The van der Waals surface area contributed by atoms with Crippen molar-refractivity contribution in [1.29, 1.82) is 0 Å². The van der Waals surface area contributed by atoms with E-state index < -0.39 is 0 Å². The van der Waals surface area contributed by atoms with Gasteiger partial charge >= 0.3 is 0 Å². The maximum absolute atomic E-state index is 6.20. The topological polar surface area (TPSA) is 44.5 Å². The number of hydrogen-bond acceptors (Lipinski definition) is 3. The second kappa shape index (κ2) is 5.61. The number of hydrogen-bond donors (Lipinski definition) is 1. The molecule has 0 fully saturated rings. The summed E-state index contributed by atoms with van der Waals surface area (Å²) < 4.78 is 11.3. The van der Waals surface area contributed by atoms with Gasteiger partial charge in [0.05, 0.1) is 0 Å². The summed E-state index contributed by atoms with van der Waals surface area (Å²) in [6.07, 6.45) is 3.00. The molecule has 0 atom stereocenters. The minimum atomic E-state index is 0.592. The molecule has 94 valence electrons. The van der Waals surface area contributed by atoms with E-state index in [4.69, 9.17) is 26.8 Å². The molecule has 0 bridgehead atoms. The first-order valence-corrected chi connectivity index (χ1v) is 6.39. The van der Waals surface area contributed by atoms with Gasteiger partial charge in [-0.25, -0.2) is 0 Å². The standard InChI is InChI=1S/C13H18ClNO2/c1-9-10(4-2-3-5-15)13-12(8-11(9)14)16-6-7-17-13/h8H,2-7,15H2,1H3. The molecule has 1 aliphatic rings. The quantitative estimate of drug-likeness (QED) is 0.842. The van der Waals surface area contributed by atoms with Gasteiger partial charge in [-0.3, -0.25) is 0 Å². The van der Waals surface area contributed by atoms with E-state index >= 15 is 0 Å². The lowest BCUT2D eigenvalue weighted by Crippen LogP contribution is -2.17. The molecule has 2 rings (SSSR count). The molecule has 0 aromatic heterocycles. The molecule has 1 heterocycles. The Morgan fingerprint density at radius 1 is 1.29 bits per heavy atom. The highest BCUT2D eigenvalue weighted by atomic mass is 35.5. The van der Waals surface area contributed by atoms with Crippen molar-refractivity contribution < 1.29 is 9.47 Å². The summed E-state index contributed by atoms with van der Waals surface area (Å²) in [4.78, 5) is 0. The fourth-order valence-electron chi connectivity index (χ4n) is 2.06. The molecule has 1 aromatic rings. The zero-order chi connectivity index (χ0) is 12.3. The summed E-state index contributed by atoms with van der Waals surface area (Å²) in [5, 5.41) is 0.747. The second-order valence-electron chi connectivity index (χ2n) is 4.23. The molecule has 3 nitrogen and oxygen atoms in total. The van der Waals surface area contributed by atoms with Crippen LogP contribution in [0.3, 0.4) is 0 Å². The molecule has 0 spiro atoms. The van der Waals surface area contributed by atoms with Crippen molar-refractivity contribution >= 4 is 11.6 Å². The van der Waals surface area contributed by atoms with E-state index in [9.17, 15) is 0 Å². The first-order chi connectivity index (χ1) is 8.24. The normalized spacial score (nSPS) is 13.8. The number of ether oxygens (including phenoxy) is 2. The van der Waals surface area contributed by atoms with Crippen LogP contribution in [0, 0.1) is 6.92 Å². The van der Waals surface area contributed by atoms with Crippen LogP contribution in [0.2, 0.25) is 5.02 Å². The maximum Gasteiger partial charge on any atom is 0.164 e. The van der Waals surface area contributed by atoms with Crippen LogP contribution in [-0.4, -0.2) is 19.8 Å². The average Bonchev–Trinajstić information content (AvgIpc) is 2.34. The molecule has 4 heteroatoms. The minimum Gasteiger partial charge on any atom is -0.486 e. The largest absolute Gasteiger partial charge is 0.486 e. The van der Waals surface area contributed by atoms with Gasteiger partial charge in [-0.15, -0.1) is 0 Å². The van der Waals surface area contributed by atoms with Gasteiger partial charge in [-0.2, -0.15) is 0 Å². The lowest BCUT2D eigenvalue weighted by atomic mass is 10.0. The lowest BCUT2D eigenvalue weighted by molar-refractivity contribution is 0.169.